The summed E-state index contributed by atoms with van der Waals surface area (Å²) < 4.78 is 5.09. The molecule has 0 unspecified atom stereocenters. The van der Waals surface area contributed by atoms with Gasteiger partial charge in [0.05, 0.1) is 18.2 Å². The number of anilines is 1. The summed E-state index contributed by atoms with van der Waals surface area (Å²) in [6, 6.07) is 4.38. The minimum absolute atomic E-state index is 0.450. The quantitative estimate of drug-likeness (QED) is 0.868. The lowest BCUT2D eigenvalue weighted by Gasteiger charge is -2.34. The molecule has 0 saturated carbocycles. The third-order valence-corrected chi connectivity index (χ3v) is 3.27. The van der Waals surface area contributed by atoms with Gasteiger partial charge in [-0.3, -0.25) is 0 Å². The van der Waals surface area contributed by atoms with Crippen LogP contribution in [0, 0.1) is 0 Å². The van der Waals surface area contributed by atoms with E-state index in [4.69, 9.17) is 4.42 Å². The van der Waals surface area contributed by atoms with E-state index in [2.05, 4.69) is 27.1 Å². The number of hydrogen-bond acceptors (Lipinski definition) is 5. The molecular weight excluding hydrogens is 228 g/mol. The Kier molecular flexibility index (Phi) is 2.98. The van der Waals surface area contributed by atoms with Crippen LogP contribution in [0.5, 0.6) is 0 Å². The summed E-state index contributed by atoms with van der Waals surface area (Å²) in [6.07, 6.45) is 4.98. The smallest absolute Gasteiger partial charge is 0.132 e. The van der Waals surface area contributed by atoms with Gasteiger partial charge in [-0.25, -0.2) is 9.97 Å². The van der Waals surface area contributed by atoms with Gasteiger partial charge in [-0.15, -0.1) is 0 Å². The first-order chi connectivity index (χ1) is 8.84. The topological polar surface area (TPSA) is 54.2 Å². The molecule has 1 atom stereocenters. The van der Waals surface area contributed by atoms with Gasteiger partial charge in [0.25, 0.3) is 0 Å². The Morgan fingerprint density at radius 1 is 1.44 bits per heavy atom. The molecule has 3 rings (SSSR count). The van der Waals surface area contributed by atoms with Crippen LogP contribution in [0.1, 0.15) is 6.92 Å². The number of nitrogens with one attached hydrogen (secondary N) is 1. The van der Waals surface area contributed by atoms with Gasteiger partial charge in [0.15, 0.2) is 0 Å². The van der Waals surface area contributed by atoms with Crippen molar-refractivity contribution in [2.75, 3.05) is 24.5 Å². The monoisotopic (exact) mass is 244 g/mol. The van der Waals surface area contributed by atoms with E-state index >= 15 is 0 Å². The molecule has 5 heteroatoms. The lowest BCUT2D eigenvalue weighted by Crippen LogP contribution is -2.50. The van der Waals surface area contributed by atoms with Crippen LogP contribution in [0.25, 0.3) is 11.3 Å². The Labute approximate surface area is 106 Å². The molecular formula is C13H16N4O. The zero-order valence-corrected chi connectivity index (χ0v) is 10.3. The predicted molar refractivity (Wildman–Crippen MR) is 69.4 cm³/mol. The maximum Gasteiger partial charge on any atom is 0.132 e. The second-order valence-electron chi connectivity index (χ2n) is 4.52. The highest BCUT2D eigenvalue weighted by Crippen LogP contribution is 2.22. The van der Waals surface area contributed by atoms with E-state index in [0.29, 0.717) is 6.04 Å². The summed E-state index contributed by atoms with van der Waals surface area (Å²) in [6.45, 7) is 5.16. The highest BCUT2D eigenvalue weighted by molar-refractivity contribution is 5.61. The molecule has 1 saturated heterocycles. The van der Waals surface area contributed by atoms with Gasteiger partial charge in [-0.05, 0) is 13.0 Å². The first-order valence-corrected chi connectivity index (χ1v) is 6.16. The van der Waals surface area contributed by atoms with Crippen molar-refractivity contribution >= 4 is 5.82 Å². The van der Waals surface area contributed by atoms with Crippen LogP contribution in [0.15, 0.2) is 35.4 Å². The van der Waals surface area contributed by atoms with Gasteiger partial charge in [0, 0.05) is 37.3 Å². The predicted octanol–water partition coefficient (Wildman–Crippen LogP) is 1.53. The zero-order chi connectivity index (χ0) is 12.4. The molecule has 18 heavy (non-hydrogen) atoms. The average molecular weight is 244 g/mol. The largest absolute Gasteiger partial charge is 0.472 e. The Hall–Kier alpha value is -1.88. The van der Waals surface area contributed by atoms with Crippen molar-refractivity contribution in [3.63, 3.8) is 0 Å². The van der Waals surface area contributed by atoms with Crippen LogP contribution in [-0.2, 0) is 0 Å². The maximum absolute atomic E-state index is 5.09. The van der Waals surface area contributed by atoms with E-state index in [1.807, 2.05) is 12.1 Å². The Balaban J connectivity index is 1.91. The molecule has 94 valence electrons. The van der Waals surface area contributed by atoms with Gasteiger partial charge < -0.3 is 14.6 Å². The second-order valence-corrected chi connectivity index (χ2v) is 4.52. The molecule has 1 aliphatic rings. The molecule has 0 radical (unpaired) electrons. The summed E-state index contributed by atoms with van der Waals surface area (Å²) in [4.78, 5) is 11.0. The molecule has 2 aromatic heterocycles. The fourth-order valence-corrected chi connectivity index (χ4v) is 2.25. The van der Waals surface area contributed by atoms with Gasteiger partial charge in [0.1, 0.15) is 12.1 Å². The number of furan rings is 1. The summed E-state index contributed by atoms with van der Waals surface area (Å²) in [7, 11) is 0. The summed E-state index contributed by atoms with van der Waals surface area (Å²) >= 11 is 0. The number of piperazine rings is 1. The van der Waals surface area contributed by atoms with E-state index in [-0.39, 0.29) is 0 Å². The molecule has 3 heterocycles. The van der Waals surface area contributed by atoms with Crippen LogP contribution in [0.2, 0.25) is 0 Å². The van der Waals surface area contributed by atoms with Crippen LogP contribution in [0.3, 0.4) is 0 Å². The Morgan fingerprint density at radius 2 is 2.39 bits per heavy atom. The molecule has 0 aliphatic carbocycles. The summed E-state index contributed by atoms with van der Waals surface area (Å²) in [5.74, 6) is 0.982. The molecule has 1 N–H and O–H groups in total. The zero-order valence-electron chi connectivity index (χ0n) is 10.3. The summed E-state index contributed by atoms with van der Waals surface area (Å²) in [5.41, 5.74) is 1.89. The van der Waals surface area contributed by atoms with Crippen molar-refractivity contribution in [1.82, 2.24) is 15.3 Å². The lowest BCUT2D eigenvalue weighted by molar-refractivity contribution is 0.497. The highest BCUT2D eigenvalue weighted by Gasteiger charge is 2.19. The number of nitrogens with zero attached hydrogens (tertiary/aromatic N) is 3. The molecule has 2 aromatic rings. The second kappa shape index (κ2) is 4.78. The van der Waals surface area contributed by atoms with Crippen LogP contribution >= 0.6 is 0 Å². The van der Waals surface area contributed by atoms with Gasteiger partial charge >= 0.3 is 0 Å². The average Bonchev–Trinajstić information content (AvgIpc) is 2.93. The first kappa shape index (κ1) is 11.2. The van der Waals surface area contributed by atoms with E-state index in [1.165, 1.54) is 0 Å². The van der Waals surface area contributed by atoms with Crippen molar-refractivity contribution in [3.8, 4) is 11.3 Å². The number of rotatable bonds is 2. The fraction of sp³-hybridized carbons (Fsp3) is 0.385. The van der Waals surface area contributed by atoms with E-state index in [0.717, 1.165) is 36.7 Å². The third kappa shape index (κ3) is 2.09. The first-order valence-electron chi connectivity index (χ1n) is 6.16. The highest BCUT2D eigenvalue weighted by atomic mass is 16.3. The van der Waals surface area contributed by atoms with Crippen LogP contribution in [0.4, 0.5) is 5.82 Å². The SMILES string of the molecule is C[C@@H]1CNCCN1c1cc(-c2ccoc2)ncn1. The summed E-state index contributed by atoms with van der Waals surface area (Å²) in [5, 5.41) is 3.38. The van der Waals surface area contributed by atoms with Crippen molar-refractivity contribution in [1.29, 1.82) is 0 Å². The minimum Gasteiger partial charge on any atom is -0.472 e. The third-order valence-electron chi connectivity index (χ3n) is 3.27. The van der Waals surface area contributed by atoms with E-state index in [9.17, 15) is 0 Å². The van der Waals surface area contributed by atoms with Gasteiger partial charge in [-0.2, -0.15) is 0 Å². The molecule has 1 fully saturated rings. The Morgan fingerprint density at radius 3 is 3.17 bits per heavy atom. The molecule has 0 amide bonds. The van der Waals surface area contributed by atoms with Gasteiger partial charge in [0.2, 0.25) is 0 Å². The standard InChI is InChI=1S/C13H16N4O/c1-10-7-14-3-4-17(10)13-6-12(15-9-16-13)11-2-5-18-8-11/h2,5-6,8-10,14H,3-4,7H2,1H3/t10-/m1/s1. The fourth-order valence-electron chi connectivity index (χ4n) is 2.25. The maximum atomic E-state index is 5.09. The molecule has 0 aromatic carbocycles. The van der Waals surface area contributed by atoms with E-state index in [1.54, 1.807) is 18.9 Å². The van der Waals surface area contributed by atoms with E-state index < -0.39 is 0 Å². The van der Waals surface area contributed by atoms with Gasteiger partial charge in [-0.1, -0.05) is 0 Å². The Bertz CT molecular complexity index is 511. The molecule has 1 aliphatic heterocycles. The van der Waals surface area contributed by atoms with Crippen molar-refractivity contribution < 1.29 is 4.42 Å². The number of aromatic nitrogens is 2. The van der Waals surface area contributed by atoms with Crippen molar-refractivity contribution in [2.45, 2.75) is 13.0 Å². The number of hydrogen-bond donors (Lipinski definition) is 1. The lowest BCUT2D eigenvalue weighted by atomic mass is 10.2. The van der Waals surface area contributed by atoms with Crippen molar-refractivity contribution in [2.24, 2.45) is 0 Å². The normalized spacial score (nSPS) is 20.1. The molecule has 0 spiro atoms. The van der Waals surface area contributed by atoms with Crippen molar-refractivity contribution in [3.05, 3.63) is 31.0 Å². The minimum atomic E-state index is 0.450. The van der Waals surface area contributed by atoms with Crippen LogP contribution in [-0.4, -0.2) is 35.6 Å². The molecule has 0 bridgehead atoms. The van der Waals surface area contributed by atoms with Crippen LogP contribution < -0.4 is 10.2 Å². The molecule has 5 nitrogen and oxygen atoms in total.